The minimum absolute atomic E-state index is 0.165. The molecule has 0 aliphatic rings. The first-order valence-electron chi connectivity index (χ1n) is 4.77. The molecule has 1 aromatic heterocycles. The number of aromatic amines is 1. The molecule has 14 heavy (non-hydrogen) atoms. The first-order chi connectivity index (χ1) is 6.49. The minimum Gasteiger partial charge on any atom is -0.365 e. The molecular formula is C10H17N3O. The average Bonchev–Trinajstić information content (AvgIpc) is 2.06. The van der Waals surface area contributed by atoms with Crippen LogP contribution in [0.15, 0.2) is 17.2 Å². The summed E-state index contributed by atoms with van der Waals surface area (Å²) in [7, 11) is 0. The van der Waals surface area contributed by atoms with Crippen molar-refractivity contribution in [2.24, 2.45) is 5.41 Å². The molecule has 0 amide bonds. The SMILES string of the molecule is CC(C)(C)CCNc1ncc[nH]c1=O. The zero-order valence-corrected chi connectivity index (χ0v) is 8.92. The van der Waals surface area contributed by atoms with Crippen LogP contribution in [-0.2, 0) is 0 Å². The lowest BCUT2D eigenvalue weighted by Crippen LogP contribution is -2.19. The lowest BCUT2D eigenvalue weighted by molar-refractivity contribution is 0.389. The van der Waals surface area contributed by atoms with Crippen molar-refractivity contribution >= 4 is 5.82 Å². The summed E-state index contributed by atoms with van der Waals surface area (Å²) in [6.45, 7) is 7.26. The lowest BCUT2D eigenvalue weighted by Gasteiger charge is -2.17. The van der Waals surface area contributed by atoms with Crippen LogP contribution < -0.4 is 10.9 Å². The molecule has 0 aliphatic heterocycles. The maximum absolute atomic E-state index is 11.2. The van der Waals surface area contributed by atoms with E-state index >= 15 is 0 Å². The molecule has 1 rings (SSSR count). The van der Waals surface area contributed by atoms with E-state index in [0.29, 0.717) is 5.82 Å². The van der Waals surface area contributed by atoms with Crippen LogP contribution in [-0.4, -0.2) is 16.5 Å². The minimum atomic E-state index is -0.165. The predicted molar refractivity (Wildman–Crippen MR) is 57.4 cm³/mol. The van der Waals surface area contributed by atoms with Crippen molar-refractivity contribution in [3.05, 3.63) is 22.7 Å². The van der Waals surface area contributed by atoms with Crippen LogP contribution in [0.4, 0.5) is 5.82 Å². The van der Waals surface area contributed by atoms with Gasteiger partial charge in [0.05, 0.1) is 0 Å². The molecule has 0 spiro atoms. The maximum Gasteiger partial charge on any atom is 0.290 e. The molecule has 4 nitrogen and oxygen atoms in total. The molecule has 0 fully saturated rings. The second kappa shape index (κ2) is 4.26. The Hall–Kier alpha value is -1.32. The molecule has 78 valence electrons. The molecule has 0 saturated carbocycles. The van der Waals surface area contributed by atoms with Crippen molar-refractivity contribution in [1.29, 1.82) is 0 Å². The smallest absolute Gasteiger partial charge is 0.290 e. The highest BCUT2D eigenvalue weighted by Crippen LogP contribution is 2.17. The fraction of sp³-hybridized carbons (Fsp3) is 0.600. The number of nitrogens with one attached hydrogen (secondary N) is 2. The highest BCUT2D eigenvalue weighted by molar-refractivity contribution is 5.29. The summed E-state index contributed by atoms with van der Waals surface area (Å²) >= 11 is 0. The third kappa shape index (κ3) is 3.60. The maximum atomic E-state index is 11.2. The third-order valence-electron chi connectivity index (χ3n) is 1.88. The normalized spacial score (nSPS) is 11.4. The number of H-pyrrole nitrogens is 1. The Kier molecular flexibility index (Phi) is 3.28. The van der Waals surface area contributed by atoms with Gasteiger partial charge in [0, 0.05) is 18.9 Å². The number of hydrogen-bond acceptors (Lipinski definition) is 3. The Bertz CT molecular complexity index is 338. The molecule has 0 atom stereocenters. The number of aromatic nitrogens is 2. The second-order valence-corrected chi connectivity index (χ2v) is 4.50. The third-order valence-corrected chi connectivity index (χ3v) is 1.88. The van der Waals surface area contributed by atoms with Gasteiger partial charge in [-0.2, -0.15) is 0 Å². The zero-order chi connectivity index (χ0) is 10.6. The molecule has 0 aromatic carbocycles. The van der Waals surface area contributed by atoms with Crippen LogP contribution in [0.2, 0.25) is 0 Å². The standard InChI is InChI=1S/C10H17N3O/c1-10(2,3)4-5-11-8-9(14)13-7-6-12-8/h6-7H,4-5H2,1-3H3,(H,11,12)(H,13,14). The van der Waals surface area contributed by atoms with Crippen molar-refractivity contribution in [1.82, 2.24) is 9.97 Å². The van der Waals surface area contributed by atoms with E-state index in [1.54, 1.807) is 6.20 Å². The Morgan fingerprint density at radius 3 is 2.79 bits per heavy atom. The summed E-state index contributed by atoms with van der Waals surface area (Å²) in [6.07, 6.45) is 4.10. The van der Waals surface area contributed by atoms with E-state index in [1.165, 1.54) is 6.20 Å². The highest BCUT2D eigenvalue weighted by Gasteiger charge is 2.09. The molecule has 4 heteroatoms. The fourth-order valence-corrected chi connectivity index (χ4v) is 1.03. The van der Waals surface area contributed by atoms with Crippen molar-refractivity contribution in [2.75, 3.05) is 11.9 Å². The summed E-state index contributed by atoms with van der Waals surface area (Å²) < 4.78 is 0. The first kappa shape index (κ1) is 10.8. The Balaban J connectivity index is 2.47. The number of anilines is 1. The van der Waals surface area contributed by atoms with Crippen LogP contribution >= 0.6 is 0 Å². The lowest BCUT2D eigenvalue weighted by atomic mass is 9.92. The average molecular weight is 195 g/mol. The second-order valence-electron chi connectivity index (χ2n) is 4.50. The van der Waals surface area contributed by atoms with Crippen LogP contribution in [0, 0.1) is 5.41 Å². The number of hydrogen-bond donors (Lipinski definition) is 2. The van der Waals surface area contributed by atoms with Gasteiger partial charge in [-0.05, 0) is 11.8 Å². The summed E-state index contributed by atoms with van der Waals surface area (Å²) in [5.41, 5.74) is 0.107. The van der Waals surface area contributed by atoms with Gasteiger partial charge in [-0.3, -0.25) is 4.79 Å². The van der Waals surface area contributed by atoms with E-state index in [2.05, 4.69) is 36.1 Å². The largest absolute Gasteiger partial charge is 0.365 e. The zero-order valence-electron chi connectivity index (χ0n) is 8.92. The summed E-state index contributed by atoms with van der Waals surface area (Å²) in [4.78, 5) is 17.7. The van der Waals surface area contributed by atoms with Gasteiger partial charge in [0.1, 0.15) is 0 Å². The van der Waals surface area contributed by atoms with Gasteiger partial charge in [0.2, 0.25) is 0 Å². The topological polar surface area (TPSA) is 57.8 Å². The molecule has 1 heterocycles. The Morgan fingerprint density at radius 1 is 1.50 bits per heavy atom. The molecule has 1 aromatic rings. The van der Waals surface area contributed by atoms with Gasteiger partial charge in [0.25, 0.3) is 5.56 Å². The molecule has 0 saturated heterocycles. The quantitative estimate of drug-likeness (QED) is 0.770. The van der Waals surface area contributed by atoms with Gasteiger partial charge >= 0.3 is 0 Å². The van der Waals surface area contributed by atoms with E-state index in [9.17, 15) is 4.79 Å². The van der Waals surface area contributed by atoms with Crippen molar-refractivity contribution in [3.63, 3.8) is 0 Å². The predicted octanol–water partition coefficient (Wildman–Crippen LogP) is 1.62. The Labute approximate surface area is 83.8 Å². The number of rotatable bonds is 3. The number of nitrogens with zero attached hydrogens (tertiary/aromatic N) is 1. The summed E-state index contributed by atoms with van der Waals surface area (Å²) in [5, 5.41) is 3.01. The molecule has 0 aliphatic carbocycles. The molecule has 0 unspecified atom stereocenters. The molecular weight excluding hydrogens is 178 g/mol. The van der Waals surface area contributed by atoms with E-state index in [0.717, 1.165) is 13.0 Å². The molecule has 0 bridgehead atoms. The van der Waals surface area contributed by atoms with Gasteiger partial charge in [-0.15, -0.1) is 0 Å². The Morgan fingerprint density at radius 2 is 2.21 bits per heavy atom. The van der Waals surface area contributed by atoms with Gasteiger partial charge in [-0.1, -0.05) is 20.8 Å². The van der Waals surface area contributed by atoms with Crippen LogP contribution in [0.25, 0.3) is 0 Å². The first-order valence-corrected chi connectivity index (χ1v) is 4.77. The van der Waals surface area contributed by atoms with Gasteiger partial charge in [-0.25, -0.2) is 4.98 Å². The van der Waals surface area contributed by atoms with E-state index in [-0.39, 0.29) is 11.0 Å². The summed E-state index contributed by atoms with van der Waals surface area (Å²) in [6, 6.07) is 0. The monoisotopic (exact) mass is 195 g/mol. The summed E-state index contributed by atoms with van der Waals surface area (Å²) in [5.74, 6) is 0.400. The van der Waals surface area contributed by atoms with E-state index in [4.69, 9.17) is 0 Å². The van der Waals surface area contributed by atoms with Crippen molar-refractivity contribution in [3.8, 4) is 0 Å². The van der Waals surface area contributed by atoms with Crippen molar-refractivity contribution < 1.29 is 0 Å². The van der Waals surface area contributed by atoms with Crippen LogP contribution in [0.3, 0.4) is 0 Å². The van der Waals surface area contributed by atoms with Crippen LogP contribution in [0.5, 0.6) is 0 Å². The van der Waals surface area contributed by atoms with Gasteiger partial charge < -0.3 is 10.3 Å². The van der Waals surface area contributed by atoms with E-state index in [1.807, 2.05) is 0 Å². The highest BCUT2D eigenvalue weighted by atomic mass is 16.1. The molecule has 0 radical (unpaired) electrons. The fourth-order valence-electron chi connectivity index (χ4n) is 1.03. The van der Waals surface area contributed by atoms with E-state index < -0.39 is 0 Å². The van der Waals surface area contributed by atoms with Gasteiger partial charge in [0.15, 0.2) is 5.82 Å². The molecule has 2 N–H and O–H groups in total. The van der Waals surface area contributed by atoms with Crippen molar-refractivity contribution in [2.45, 2.75) is 27.2 Å². The van der Waals surface area contributed by atoms with Crippen LogP contribution in [0.1, 0.15) is 27.2 Å².